The first-order valence-corrected chi connectivity index (χ1v) is 2.60. The summed E-state index contributed by atoms with van der Waals surface area (Å²) in [6, 6.07) is 0. The molecule has 27 valence electrons. The van der Waals surface area contributed by atoms with E-state index in [1.807, 2.05) is 0 Å². The predicted octanol–water partition coefficient (Wildman–Crippen LogP) is 0.668. The summed E-state index contributed by atoms with van der Waals surface area (Å²) in [6.45, 7) is 0. The van der Waals surface area contributed by atoms with E-state index in [1.54, 1.807) is 16.4 Å². The summed E-state index contributed by atoms with van der Waals surface area (Å²) in [7, 11) is 0. The van der Waals surface area contributed by atoms with Crippen LogP contribution in [0.15, 0.2) is 11.1 Å². The summed E-state index contributed by atoms with van der Waals surface area (Å²) in [5.41, 5.74) is 0. The number of hydrogen-bond donors (Lipinski definition) is 0. The van der Waals surface area contributed by atoms with Gasteiger partial charge in [-0.3, -0.25) is 0 Å². The number of rotatable bonds is 1. The normalized spacial score (nSPS) is 8.80. The third-order valence-electron chi connectivity index (χ3n) is 0.157. The van der Waals surface area contributed by atoms with Crippen LogP contribution in [0.25, 0.3) is 0 Å². The number of hydrogen-bond acceptors (Lipinski definition) is 1. The molecule has 0 spiro atoms. The van der Waals surface area contributed by atoms with E-state index < -0.39 is 0 Å². The Kier molecular flexibility index (Phi) is 4.65. The Hall–Kier alpha value is 0.349. The van der Waals surface area contributed by atoms with E-state index in [1.165, 1.54) is 0 Å². The molecule has 0 aromatic heterocycles. The molecule has 0 nitrogen and oxygen atoms in total. The van der Waals surface area contributed by atoms with Crippen molar-refractivity contribution in [3.8, 4) is 0 Å². The average molecular weight is 150 g/mol. The SMILES string of the molecule is S=C/C=C/[Se]. The molecule has 0 N–H and O–H groups in total. The summed E-state index contributed by atoms with van der Waals surface area (Å²) < 4.78 is 0. The van der Waals surface area contributed by atoms with Crippen LogP contribution in [0.2, 0.25) is 0 Å². The van der Waals surface area contributed by atoms with Crippen molar-refractivity contribution in [1.29, 1.82) is 0 Å². The van der Waals surface area contributed by atoms with E-state index in [-0.39, 0.29) is 0 Å². The van der Waals surface area contributed by atoms with Crippen LogP contribution < -0.4 is 0 Å². The molecular formula is C3H3SSe. The molecule has 0 aliphatic carbocycles. The fourth-order valence-electron chi connectivity index (χ4n) is 0.0321. The minimum absolute atomic E-state index is 1.55. The van der Waals surface area contributed by atoms with Gasteiger partial charge in [0.05, 0.1) is 0 Å². The fraction of sp³-hybridized carbons (Fsp3) is 0. The van der Waals surface area contributed by atoms with E-state index >= 15 is 0 Å². The second-order valence-corrected chi connectivity index (χ2v) is 1.31. The Bertz CT molecular complexity index is 48.9. The zero-order valence-corrected chi connectivity index (χ0v) is 5.08. The van der Waals surface area contributed by atoms with Crippen molar-refractivity contribution in [2.75, 3.05) is 0 Å². The molecule has 0 fully saturated rings. The van der Waals surface area contributed by atoms with E-state index in [4.69, 9.17) is 0 Å². The Morgan fingerprint density at radius 2 is 2.20 bits per heavy atom. The van der Waals surface area contributed by atoms with Crippen molar-refractivity contribution in [2.45, 2.75) is 0 Å². The van der Waals surface area contributed by atoms with E-state index in [9.17, 15) is 0 Å². The molecule has 0 bridgehead atoms. The van der Waals surface area contributed by atoms with Gasteiger partial charge in [-0.05, 0) is 0 Å². The van der Waals surface area contributed by atoms with Gasteiger partial charge in [-0.2, -0.15) is 0 Å². The molecule has 0 amide bonds. The average Bonchev–Trinajstić information content (AvgIpc) is 1.41. The minimum atomic E-state index is 1.55. The van der Waals surface area contributed by atoms with Crippen LogP contribution in [0.1, 0.15) is 0 Å². The maximum absolute atomic E-state index is 4.42. The molecule has 1 radical (unpaired) electrons. The third-order valence-corrected chi connectivity index (χ3v) is 0.644. The van der Waals surface area contributed by atoms with Gasteiger partial charge in [0.1, 0.15) is 0 Å². The second-order valence-electron chi connectivity index (χ2n) is 0.465. The van der Waals surface area contributed by atoms with Crippen LogP contribution in [-0.2, 0) is 0 Å². The maximum atomic E-state index is 4.42. The Morgan fingerprint density at radius 3 is 2.20 bits per heavy atom. The van der Waals surface area contributed by atoms with Crippen LogP contribution in [0, 0.1) is 0 Å². The Balaban J connectivity index is 2.92. The molecule has 0 aromatic rings. The molecule has 0 rings (SSSR count). The van der Waals surface area contributed by atoms with Crippen LogP contribution in [0.4, 0.5) is 0 Å². The number of allylic oxidation sites excluding steroid dienone is 1. The van der Waals surface area contributed by atoms with Gasteiger partial charge in [0.15, 0.2) is 0 Å². The van der Waals surface area contributed by atoms with Gasteiger partial charge in [-0.1, -0.05) is 0 Å². The van der Waals surface area contributed by atoms with Gasteiger partial charge in [-0.25, -0.2) is 0 Å². The van der Waals surface area contributed by atoms with Crippen LogP contribution in [-0.4, -0.2) is 21.4 Å². The van der Waals surface area contributed by atoms with Gasteiger partial charge in [0.25, 0.3) is 0 Å². The zero-order valence-electron chi connectivity index (χ0n) is 2.55. The Labute approximate surface area is 45.1 Å². The predicted molar refractivity (Wildman–Crippen MR) is 28.5 cm³/mol. The van der Waals surface area contributed by atoms with Gasteiger partial charge >= 0.3 is 44.6 Å². The van der Waals surface area contributed by atoms with Crippen molar-refractivity contribution < 1.29 is 0 Å². The molecule has 2 heteroatoms. The van der Waals surface area contributed by atoms with Crippen molar-refractivity contribution in [2.24, 2.45) is 0 Å². The molecule has 0 aromatic carbocycles. The van der Waals surface area contributed by atoms with Gasteiger partial charge in [-0.15, -0.1) is 0 Å². The summed E-state index contributed by atoms with van der Waals surface area (Å²) >= 11 is 7.08. The Morgan fingerprint density at radius 1 is 1.60 bits per heavy atom. The molecular weight excluding hydrogens is 147 g/mol. The zero-order chi connectivity index (χ0) is 4.12. The molecule has 0 heterocycles. The van der Waals surface area contributed by atoms with Crippen molar-refractivity contribution >= 4 is 33.6 Å². The molecule has 0 atom stereocenters. The monoisotopic (exact) mass is 151 g/mol. The van der Waals surface area contributed by atoms with Crippen molar-refractivity contribution in [3.63, 3.8) is 0 Å². The molecule has 0 unspecified atom stereocenters. The topological polar surface area (TPSA) is 0 Å². The second kappa shape index (κ2) is 4.35. The molecule has 0 aliphatic rings. The standard InChI is InChI=1S/C3H3SSe/c4-2-1-3-5/h1-3H/b3-1+. The first-order chi connectivity index (χ1) is 2.41. The first-order valence-electron chi connectivity index (χ1n) is 1.14. The molecule has 0 saturated carbocycles. The summed E-state index contributed by atoms with van der Waals surface area (Å²) in [5.74, 6) is 0. The van der Waals surface area contributed by atoms with Gasteiger partial charge in [0.2, 0.25) is 0 Å². The van der Waals surface area contributed by atoms with Gasteiger partial charge in [0, 0.05) is 0 Å². The van der Waals surface area contributed by atoms with Crippen LogP contribution >= 0.6 is 12.2 Å². The van der Waals surface area contributed by atoms with E-state index in [0.717, 1.165) is 0 Å². The first kappa shape index (κ1) is 5.35. The quantitative estimate of drug-likeness (QED) is 0.300. The summed E-state index contributed by atoms with van der Waals surface area (Å²) in [5, 5.41) is 1.55. The third kappa shape index (κ3) is 4.35. The molecule has 0 aliphatic heterocycles. The number of thiocarbonyl (C=S) groups is 1. The van der Waals surface area contributed by atoms with Crippen molar-refractivity contribution in [1.82, 2.24) is 0 Å². The van der Waals surface area contributed by atoms with Gasteiger partial charge < -0.3 is 0 Å². The summed E-state index contributed by atoms with van der Waals surface area (Å²) in [4.78, 5) is 1.77. The molecule has 0 saturated heterocycles. The molecule has 5 heavy (non-hydrogen) atoms. The van der Waals surface area contributed by atoms with E-state index in [2.05, 4.69) is 28.2 Å². The van der Waals surface area contributed by atoms with Crippen molar-refractivity contribution in [3.05, 3.63) is 11.1 Å². The van der Waals surface area contributed by atoms with E-state index in [0.29, 0.717) is 0 Å². The van der Waals surface area contributed by atoms with Crippen LogP contribution in [0.5, 0.6) is 0 Å². The van der Waals surface area contributed by atoms with Crippen LogP contribution in [0.3, 0.4) is 0 Å². The summed E-state index contributed by atoms with van der Waals surface area (Å²) in [6.07, 6.45) is 1.76. The fourth-order valence-corrected chi connectivity index (χ4v) is 0.500.